The quantitative estimate of drug-likeness (QED) is 0.799. The smallest absolute Gasteiger partial charge is 0.164 e. The predicted molar refractivity (Wildman–Crippen MR) is 72.0 cm³/mol. The Morgan fingerprint density at radius 1 is 1.22 bits per heavy atom. The molecule has 0 N–H and O–H groups in total. The maximum absolute atomic E-state index is 5.54. The molecular weight excluding hydrogens is 226 g/mol. The van der Waals surface area contributed by atoms with Gasteiger partial charge in [-0.2, -0.15) is 0 Å². The summed E-state index contributed by atoms with van der Waals surface area (Å²) < 4.78 is 10.9. The van der Waals surface area contributed by atoms with Crippen molar-refractivity contribution in [1.29, 1.82) is 0 Å². The lowest BCUT2D eigenvalue weighted by molar-refractivity contribution is 0.349. The van der Waals surface area contributed by atoms with Gasteiger partial charge in [-0.15, -0.1) is 0 Å². The highest BCUT2D eigenvalue weighted by Gasteiger charge is 2.31. The molecule has 1 aromatic rings. The normalized spacial score (nSPS) is 21.2. The van der Waals surface area contributed by atoms with E-state index in [9.17, 15) is 0 Å². The van der Waals surface area contributed by atoms with Crippen molar-refractivity contribution in [3.8, 4) is 11.5 Å². The van der Waals surface area contributed by atoms with Gasteiger partial charge in [0, 0.05) is 30.8 Å². The molecule has 1 heterocycles. The van der Waals surface area contributed by atoms with Gasteiger partial charge in [-0.1, -0.05) is 6.07 Å². The van der Waals surface area contributed by atoms with Gasteiger partial charge in [0.05, 0.1) is 14.2 Å². The van der Waals surface area contributed by atoms with Gasteiger partial charge in [-0.25, -0.2) is 0 Å². The van der Waals surface area contributed by atoms with E-state index >= 15 is 0 Å². The van der Waals surface area contributed by atoms with Crippen LogP contribution in [0.2, 0.25) is 0 Å². The molecule has 0 unspecified atom stereocenters. The van der Waals surface area contributed by atoms with Crippen LogP contribution in [-0.2, 0) is 6.42 Å². The van der Waals surface area contributed by atoms with Crippen LogP contribution >= 0.6 is 0 Å². The van der Waals surface area contributed by atoms with E-state index in [-0.39, 0.29) is 0 Å². The highest BCUT2D eigenvalue weighted by atomic mass is 16.5. The number of allylic oxidation sites excluding steroid dienone is 1. The van der Waals surface area contributed by atoms with Crippen LogP contribution in [0.15, 0.2) is 17.8 Å². The van der Waals surface area contributed by atoms with E-state index in [1.165, 1.54) is 23.2 Å². The topological polar surface area (TPSA) is 21.7 Å². The Morgan fingerprint density at radius 3 is 2.78 bits per heavy atom. The lowest BCUT2D eigenvalue weighted by atomic mass is 9.86. The molecule has 1 fully saturated rings. The summed E-state index contributed by atoms with van der Waals surface area (Å²) in [6.45, 7) is 1.16. The van der Waals surface area contributed by atoms with Gasteiger partial charge < -0.3 is 14.4 Å². The Hall–Kier alpha value is -1.64. The molecule has 1 aromatic carbocycles. The fourth-order valence-electron chi connectivity index (χ4n) is 3.13. The van der Waals surface area contributed by atoms with E-state index in [1.54, 1.807) is 14.2 Å². The summed E-state index contributed by atoms with van der Waals surface area (Å²) in [5, 5.41) is 0. The molecule has 2 aliphatic rings. The molecule has 1 aliphatic heterocycles. The molecule has 1 aliphatic carbocycles. The van der Waals surface area contributed by atoms with Gasteiger partial charge in [-0.05, 0) is 30.5 Å². The van der Waals surface area contributed by atoms with Crippen molar-refractivity contribution in [3.05, 3.63) is 29.0 Å². The van der Waals surface area contributed by atoms with Crippen LogP contribution in [0, 0.1) is 5.92 Å². The van der Waals surface area contributed by atoms with Crippen molar-refractivity contribution in [2.45, 2.75) is 12.8 Å². The van der Waals surface area contributed by atoms with E-state index in [1.807, 2.05) is 6.07 Å². The summed E-state index contributed by atoms with van der Waals surface area (Å²) >= 11 is 0. The Kier molecular flexibility index (Phi) is 2.69. The van der Waals surface area contributed by atoms with Crippen LogP contribution in [0.4, 0.5) is 0 Å². The molecular formula is C15H19NO2. The van der Waals surface area contributed by atoms with Crippen LogP contribution in [0.25, 0.3) is 6.08 Å². The number of benzene rings is 1. The van der Waals surface area contributed by atoms with Crippen molar-refractivity contribution >= 4 is 6.08 Å². The molecule has 0 spiro atoms. The Morgan fingerprint density at radius 2 is 2.06 bits per heavy atom. The zero-order chi connectivity index (χ0) is 12.7. The maximum Gasteiger partial charge on any atom is 0.164 e. The van der Waals surface area contributed by atoms with E-state index in [4.69, 9.17) is 9.47 Å². The summed E-state index contributed by atoms with van der Waals surface area (Å²) in [6, 6.07) is 4.12. The van der Waals surface area contributed by atoms with E-state index in [0.29, 0.717) is 5.92 Å². The van der Waals surface area contributed by atoms with Crippen LogP contribution in [0.5, 0.6) is 11.5 Å². The van der Waals surface area contributed by atoms with Crippen molar-refractivity contribution in [1.82, 2.24) is 4.90 Å². The van der Waals surface area contributed by atoms with E-state index < -0.39 is 0 Å². The number of ether oxygens (including phenoxy) is 2. The maximum atomic E-state index is 5.54. The number of hydrogen-bond donors (Lipinski definition) is 0. The lowest BCUT2D eigenvalue weighted by Crippen LogP contribution is -2.17. The lowest BCUT2D eigenvalue weighted by Gasteiger charge is -2.25. The van der Waals surface area contributed by atoms with Crippen LogP contribution in [0.1, 0.15) is 17.5 Å². The SMILES string of the molecule is COc1ccc2c(c1OC)C[C@H]1CCN(C)C1=C2. The average Bonchev–Trinajstić information content (AvgIpc) is 2.76. The number of fused-ring (bicyclic) bond motifs is 2. The van der Waals surface area contributed by atoms with Gasteiger partial charge in [0.2, 0.25) is 0 Å². The first-order valence-corrected chi connectivity index (χ1v) is 6.41. The number of rotatable bonds is 2. The van der Waals surface area contributed by atoms with E-state index in [0.717, 1.165) is 24.5 Å². The molecule has 0 radical (unpaired) electrons. The average molecular weight is 245 g/mol. The van der Waals surface area contributed by atoms with Gasteiger partial charge in [0.25, 0.3) is 0 Å². The molecule has 18 heavy (non-hydrogen) atoms. The first-order chi connectivity index (χ1) is 8.74. The minimum atomic E-state index is 0.642. The summed E-state index contributed by atoms with van der Waals surface area (Å²) in [5.74, 6) is 2.38. The Labute approximate surface area is 108 Å². The number of hydrogen-bond acceptors (Lipinski definition) is 3. The monoisotopic (exact) mass is 245 g/mol. The standard InChI is InChI=1S/C15H19NO2/c1-16-7-6-11-8-12-10(9-13(11)16)4-5-14(17-2)15(12)18-3/h4-5,9,11H,6-8H2,1-3H3/t11-/m1/s1. The second-order valence-corrected chi connectivity index (χ2v) is 5.05. The second kappa shape index (κ2) is 4.23. The summed E-state index contributed by atoms with van der Waals surface area (Å²) in [4.78, 5) is 2.37. The summed E-state index contributed by atoms with van der Waals surface area (Å²) in [7, 11) is 5.59. The first-order valence-electron chi connectivity index (χ1n) is 6.41. The molecule has 0 saturated carbocycles. The molecule has 96 valence electrons. The van der Waals surface area contributed by atoms with Crippen molar-refractivity contribution in [2.24, 2.45) is 5.92 Å². The van der Waals surface area contributed by atoms with Gasteiger partial charge >= 0.3 is 0 Å². The predicted octanol–water partition coefficient (Wildman–Crippen LogP) is 2.55. The molecule has 0 amide bonds. The van der Waals surface area contributed by atoms with E-state index in [2.05, 4.69) is 24.1 Å². The molecule has 0 aromatic heterocycles. The van der Waals surface area contributed by atoms with Gasteiger partial charge in [0.15, 0.2) is 11.5 Å². The van der Waals surface area contributed by atoms with Crippen molar-refractivity contribution in [2.75, 3.05) is 27.8 Å². The third kappa shape index (κ3) is 1.57. The Bertz CT molecular complexity index is 507. The fraction of sp³-hybridized carbons (Fsp3) is 0.467. The molecule has 1 atom stereocenters. The minimum Gasteiger partial charge on any atom is -0.493 e. The van der Waals surface area contributed by atoms with Crippen molar-refractivity contribution < 1.29 is 9.47 Å². The summed E-state index contributed by atoms with van der Waals surface area (Å²) in [5.41, 5.74) is 4.03. The number of nitrogens with zero attached hydrogens (tertiary/aromatic N) is 1. The van der Waals surface area contributed by atoms with Gasteiger partial charge in [-0.3, -0.25) is 0 Å². The fourth-order valence-corrected chi connectivity index (χ4v) is 3.13. The van der Waals surface area contributed by atoms with Crippen molar-refractivity contribution in [3.63, 3.8) is 0 Å². The molecule has 0 bridgehead atoms. The third-order valence-corrected chi connectivity index (χ3v) is 4.11. The molecule has 3 rings (SSSR count). The zero-order valence-electron chi connectivity index (χ0n) is 11.2. The molecule has 3 nitrogen and oxygen atoms in total. The van der Waals surface area contributed by atoms with Crippen LogP contribution < -0.4 is 9.47 Å². The largest absolute Gasteiger partial charge is 0.493 e. The third-order valence-electron chi connectivity index (χ3n) is 4.11. The molecule has 1 saturated heterocycles. The van der Waals surface area contributed by atoms with Crippen LogP contribution in [-0.4, -0.2) is 32.7 Å². The second-order valence-electron chi connectivity index (χ2n) is 5.05. The summed E-state index contributed by atoms with van der Waals surface area (Å²) in [6.07, 6.45) is 4.60. The Balaban J connectivity index is 2.11. The highest BCUT2D eigenvalue weighted by molar-refractivity contribution is 5.66. The zero-order valence-corrected chi connectivity index (χ0v) is 11.2. The number of likely N-dealkylation sites (tertiary alicyclic amines) is 1. The first kappa shape index (κ1) is 11.5. The highest BCUT2D eigenvalue weighted by Crippen LogP contribution is 2.43. The van der Waals surface area contributed by atoms with Gasteiger partial charge in [0.1, 0.15) is 0 Å². The minimum absolute atomic E-state index is 0.642. The number of methoxy groups -OCH3 is 2. The van der Waals surface area contributed by atoms with Crippen LogP contribution in [0.3, 0.4) is 0 Å². The molecule has 3 heteroatoms.